The van der Waals surface area contributed by atoms with Crippen molar-refractivity contribution in [3.63, 3.8) is 0 Å². The lowest BCUT2D eigenvalue weighted by molar-refractivity contribution is 0.0937. The lowest BCUT2D eigenvalue weighted by atomic mass is 10.0. The quantitative estimate of drug-likeness (QED) is 0.529. The van der Waals surface area contributed by atoms with Gasteiger partial charge in [0.25, 0.3) is 5.91 Å². The second-order valence-corrected chi connectivity index (χ2v) is 6.64. The zero-order valence-electron chi connectivity index (χ0n) is 15.7. The fraction of sp³-hybridized carbons (Fsp3) is 0.125. The summed E-state index contributed by atoms with van der Waals surface area (Å²) in [5.74, 6) is -0.117. The molecule has 1 amide bonds. The van der Waals surface area contributed by atoms with Crippen molar-refractivity contribution in [2.75, 3.05) is 0 Å². The third-order valence-corrected chi connectivity index (χ3v) is 4.81. The SMILES string of the molecule is CCC(NC(=O)c1cc(-c2ccccc2)nc2ncccc12)c1ccccc1. The third-order valence-electron chi connectivity index (χ3n) is 4.81. The number of rotatable bonds is 5. The van der Waals surface area contributed by atoms with Crippen molar-refractivity contribution in [3.8, 4) is 11.3 Å². The summed E-state index contributed by atoms with van der Waals surface area (Å²) in [6.45, 7) is 2.07. The molecule has 0 saturated heterocycles. The number of nitrogens with zero attached hydrogens (tertiary/aromatic N) is 2. The standard InChI is InChI=1S/C24H21N3O/c1-2-21(17-10-5-3-6-11-17)27-24(28)20-16-22(18-12-7-4-8-13-18)26-23-19(20)14-9-15-25-23/h3-16,21H,2H2,1H3,(H,27,28). The minimum atomic E-state index is -0.117. The molecule has 0 aliphatic heterocycles. The molecule has 0 bridgehead atoms. The highest BCUT2D eigenvalue weighted by molar-refractivity contribution is 6.06. The van der Waals surface area contributed by atoms with Crippen molar-refractivity contribution in [3.05, 3.63) is 96.2 Å². The van der Waals surface area contributed by atoms with Gasteiger partial charge in [-0.2, -0.15) is 0 Å². The van der Waals surface area contributed by atoms with E-state index in [1.54, 1.807) is 6.20 Å². The van der Waals surface area contributed by atoms with Crippen LogP contribution < -0.4 is 5.32 Å². The first kappa shape index (κ1) is 17.9. The van der Waals surface area contributed by atoms with Gasteiger partial charge in [0.15, 0.2) is 5.65 Å². The van der Waals surface area contributed by atoms with Gasteiger partial charge in [-0.3, -0.25) is 4.79 Å². The zero-order chi connectivity index (χ0) is 19.3. The topological polar surface area (TPSA) is 54.9 Å². The molecule has 28 heavy (non-hydrogen) atoms. The van der Waals surface area contributed by atoms with Gasteiger partial charge in [0, 0.05) is 17.1 Å². The highest BCUT2D eigenvalue weighted by atomic mass is 16.1. The maximum atomic E-state index is 13.2. The van der Waals surface area contributed by atoms with Gasteiger partial charge >= 0.3 is 0 Å². The van der Waals surface area contributed by atoms with E-state index in [0.29, 0.717) is 11.2 Å². The second-order valence-electron chi connectivity index (χ2n) is 6.64. The van der Waals surface area contributed by atoms with Crippen LogP contribution >= 0.6 is 0 Å². The molecule has 4 nitrogen and oxygen atoms in total. The van der Waals surface area contributed by atoms with Crippen LogP contribution in [0.25, 0.3) is 22.3 Å². The van der Waals surface area contributed by atoms with Crippen LogP contribution in [0, 0.1) is 0 Å². The molecule has 4 aromatic rings. The first-order chi connectivity index (χ1) is 13.8. The van der Waals surface area contributed by atoms with Crippen LogP contribution in [0.2, 0.25) is 0 Å². The Bertz CT molecular complexity index is 1090. The van der Waals surface area contributed by atoms with Gasteiger partial charge in [-0.1, -0.05) is 67.6 Å². The number of hydrogen-bond acceptors (Lipinski definition) is 3. The molecule has 1 N–H and O–H groups in total. The molecule has 1 atom stereocenters. The molecule has 0 fully saturated rings. The van der Waals surface area contributed by atoms with Crippen molar-refractivity contribution >= 4 is 16.9 Å². The second kappa shape index (κ2) is 8.01. The molecule has 4 heteroatoms. The van der Waals surface area contributed by atoms with Crippen molar-refractivity contribution < 1.29 is 4.79 Å². The average Bonchev–Trinajstić information content (AvgIpc) is 2.77. The fourth-order valence-corrected chi connectivity index (χ4v) is 3.34. The summed E-state index contributed by atoms with van der Waals surface area (Å²) >= 11 is 0. The molecule has 1 unspecified atom stereocenters. The van der Waals surface area contributed by atoms with Crippen LogP contribution in [-0.4, -0.2) is 15.9 Å². The predicted molar refractivity (Wildman–Crippen MR) is 112 cm³/mol. The van der Waals surface area contributed by atoms with Crippen LogP contribution in [0.1, 0.15) is 35.3 Å². The number of carbonyl (C=O) groups is 1. The van der Waals surface area contributed by atoms with E-state index in [1.165, 1.54) is 0 Å². The Labute approximate surface area is 164 Å². The number of pyridine rings is 2. The Balaban J connectivity index is 1.75. The number of carbonyl (C=O) groups excluding carboxylic acids is 1. The molecule has 0 spiro atoms. The summed E-state index contributed by atoms with van der Waals surface area (Å²) < 4.78 is 0. The Kier molecular flexibility index (Phi) is 5.11. The van der Waals surface area contributed by atoms with Crippen LogP contribution in [-0.2, 0) is 0 Å². The number of amides is 1. The van der Waals surface area contributed by atoms with Crippen molar-refractivity contribution in [2.45, 2.75) is 19.4 Å². The van der Waals surface area contributed by atoms with Crippen molar-refractivity contribution in [1.29, 1.82) is 0 Å². The minimum absolute atomic E-state index is 0.0474. The number of benzene rings is 2. The third kappa shape index (κ3) is 3.62. The zero-order valence-corrected chi connectivity index (χ0v) is 15.7. The van der Waals surface area contributed by atoms with Gasteiger partial charge in [0.1, 0.15) is 0 Å². The molecular weight excluding hydrogens is 346 g/mol. The van der Waals surface area contributed by atoms with E-state index in [2.05, 4.69) is 22.2 Å². The summed E-state index contributed by atoms with van der Waals surface area (Å²) in [4.78, 5) is 22.2. The van der Waals surface area contributed by atoms with Crippen LogP contribution in [0.15, 0.2) is 85.1 Å². The van der Waals surface area contributed by atoms with E-state index in [0.717, 1.165) is 28.6 Å². The summed E-state index contributed by atoms with van der Waals surface area (Å²) in [6, 6.07) is 25.4. The van der Waals surface area contributed by atoms with Gasteiger partial charge in [-0.25, -0.2) is 9.97 Å². The van der Waals surface area contributed by atoms with E-state index >= 15 is 0 Å². The van der Waals surface area contributed by atoms with Crippen molar-refractivity contribution in [1.82, 2.24) is 15.3 Å². The molecule has 2 aromatic heterocycles. The first-order valence-corrected chi connectivity index (χ1v) is 9.43. The van der Waals surface area contributed by atoms with E-state index < -0.39 is 0 Å². The highest BCUT2D eigenvalue weighted by Gasteiger charge is 2.18. The lowest BCUT2D eigenvalue weighted by Crippen LogP contribution is -2.28. The number of hydrogen-bond donors (Lipinski definition) is 1. The maximum Gasteiger partial charge on any atom is 0.252 e. The summed E-state index contributed by atoms with van der Waals surface area (Å²) in [5.41, 5.74) is 3.95. The Morgan fingerprint density at radius 3 is 2.39 bits per heavy atom. The Hall–Kier alpha value is -3.53. The van der Waals surface area contributed by atoms with Gasteiger partial charge < -0.3 is 5.32 Å². The number of fused-ring (bicyclic) bond motifs is 1. The minimum Gasteiger partial charge on any atom is -0.345 e. The Morgan fingerprint density at radius 1 is 0.964 bits per heavy atom. The number of aromatic nitrogens is 2. The predicted octanol–water partition coefficient (Wildman–Crippen LogP) is 5.18. The largest absolute Gasteiger partial charge is 0.345 e. The number of nitrogens with one attached hydrogen (secondary N) is 1. The average molecular weight is 367 g/mol. The molecular formula is C24H21N3O. The normalized spacial score (nSPS) is 11.9. The summed E-state index contributed by atoms with van der Waals surface area (Å²) in [7, 11) is 0. The van der Waals surface area contributed by atoms with Gasteiger partial charge in [0.05, 0.1) is 17.3 Å². The lowest BCUT2D eigenvalue weighted by Gasteiger charge is -2.18. The van der Waals surface area contributed by atoms with E-state index in [-0.39, 0.29) is 11.9 Å². The smallest absolute Gasteiger partial charge is 0.252 e. The Morgan fingerprint density at radius 2 is 1.68 bits per heavy atom. The van der Waals surface area contributed by atoms with Gasteiger partial charge in [-0.05, 0) is 30.2 Å². The molecule has 2 heterocycles. The molecule has 0 saturated carbocycles. The van der Waals surface area contributed by atoms with E-state index in [9.17, 15) is 4.79 Å². The molecule has 2 aromatic carbocycles. The van der Waals surface area contributed by atoms with Crippen LogP contribution in [0.4, 0.5) is 0 Å². The van der Waals surface area contributed by atoms with Crippen LogP contribution in [0.3, 0.4) is 0 Å². The highest BCUT2D eigenvalue weighted by Crippen LogP contribution is 2.25. The first-order valence-electron chi connectivity index (χ1n) is 9.43. The fourth-order valence-electron chi connectivity index (χ4n) is 3.34. The van der Waals surface area contributed by atoms with Gasteiger partial charge in [0.2, 0.25) is 0 Å². The van der Waals surface area contributed by atoms with E-state index in [4.69, 9.17) is 0 Å². The van der Waals surface area contributed by atoms with E-state index in [1.807, 2.05) is 78.9 Å². The van der Waals surface area contributed by atoms with Crippen LogP contribution in [0.5, 0.6) is 0 Å². The molecule has 138 valence electrons. The maximum absolute atomic E-state index is 13.2. The molecule has 0 radical (unpaired) electrons. The molecule has 0 aliphatic carbocycles. The molecule has 0 aliphatic rings. The van der Waals surface area contributed by atoms with Crippen molar-refractivity contribution in [2.24, 2.45) is 0 Å². The summed E-state index contributed by atoms with van der Waals surface area (Å²) in [5, 5.41) is 3.93. The molecule has 4 rings (SSSR count). The monoisotopic (exact) mass is 367 g/mol. The van der Waals surface area contributed by atoms with Gasteiger partial charge in [-0.15, -0.1) is 0 Å². The summed E-state index contributed by atoms with van der Waals surface area (Å²) in [6.07, 6.45) is 2.51.